The molecule has 16 heavy (non-hydrogen) atoms. The maximum absolute atomic E-state index is 11.5. The van der Waals surface area contributed by atoms with Gasteiger partial charge in [0.1, 0.15) is 12.1 Å². The van der Waals surface area contributed by atoms with E-state index in [0.29, 0.717) is 11.1 Å². The fraction of sp³-hybridized carbons (Fsp3) is 0.200. The van der Waals surface area contributed by atoms with E-state index in [1.54, 1.807) is 17.0 Å². The lowest BCUT2D eigenvalue weighted by Gasteiger charge is -2.00. The number of nitriles is 1. The van der Waals surface area contributed by atoms with Gasteiger partial charge < -0.3 is 9.88 Å². The van der Waals surface area contributed by atoms with E-state index in [0.717, 1.165) is 5.65 Å². The monoisotopic (exact) mass is 215 g/mol. The van der Waals surface area contributed by atoms with Crippen LogP contribution < -0.4 is 5.32 Å². The number of nitrogens with zero attached hydrogens (tertiary/aromatic N) is 4. The van der Waals surface area contributed by atoms with Gasteiger partial charge in [-0.05, 0) is 6.07 Å². The predicted octanol–water partition coefficient (Wildman–Crippen LogP) is 0.222. The number of aryl methyl sites for hydroxylation is 1. The van der Waals surface area contributed by atoms with E-state index in [1.807, 2.05) is 13.1 Å². The number of hydrogen-bond acceptors (Lipinski definition) is 4. The van der Waals surface area contributed by atoms with Crippen molar-refractivity contribution in [1.29, 1.82) is 5.26 Å². The van der Waals surface area contributed by atoms with Crippen molar-refractivity contribution in [3.8, 4) is 6.07 Å². The summed E-state index contributed by atoms with van der Waals surface area (Å²) < 4.78 is 1.77. The summed E-state index contributed by atoms with van der Waals surface area (Å²) in [7, 11) is 1.83. The molecule has 0 aromatic carbocycles. The molecule has 2 aromatic rings. The Bertz CT molecular complexity index is 580. The van der Waals surface area contributed by atoms with Crippen LogP contribution in [-0.2, 0) is 7.05 Å². The van der Waals surface area contributed by atoms with Crippen LogP contribution >= 0.6 is 0 Å². The number of pyridine rings is 1. The van der Waals surface area contributed by atoms with Crippen LogP contribution in [-0.4, -0.2) is 27.0 Å². The Morgan fingerprint density at radius 2 is 2.44 bits per heavy atom. The maximum atomic E-state index is 11.5. The van der Waals surface area contributed by atoms with Crippen molar-refractivity contribution in [2.24, 2.45) is 7.05 Å². The number of aromatic nitrogens is 3. The average Bonchev–Trinajstić information content (AvgIpc) is 2.67. The molecule has 0 saturated heterocycles. The molecule has 0 unspecified atom stereocenters. The number of amides is 1. The molecule has 2 aromatic heterocycles. The van der Waals surface area contributed by atoms with Crippen molar-refractivity contribution < 1.29 is 4.79 Å². The molecule has 2 heterocycles. The minimum absolute atomic E-state index is 0.0148. The fourth-order valence-electron chi connectivity index (χ4n) is 1.36. The van der Waals surface area contributed by atoms with E-state index >= 15 is 0 Å². The highest BCUT2D eigenvalue weighted by Crippen LogP contribution is 2.10. The largest absolute Gasteiger partial charge is 0.339 e. The third-order valence-corrected chi connectivity index (χ3v) is 2.14. The van der Waals surface area contributed by atoms with Crippen molar-refractivity contribution in [3.63, 3.8) is 0 Å². The molecule has 0 saturated carbocycles. The summed E-state index contributed by atoms with van der Waals surface area (Å²) in [4.78, 5) is 19.7. The maximum Gasteiger partial charge on any atom is 0.253 e. The van der Waals surface area contributed by atoms with Gasteiger partial charge in [-0.3, -0.25) is 4.79 Å². The van der Waals surface area contributed by atoms with E-state index < -0.39 is 0 Å². The van der Waals surface area contributed by atoms with E-state index in [2.05, 4.69) is 15.3 Å². The molecule has 0 bridgehead atoms. The lowest BCUT2D eigenvalue weighted by Crippen LogP contribution is -2.23. The second-order valence-corrected chi connectivity index (χ2v) is 3.26. The SMILES string of the molecule is Cn1cnc2cc(C(=O)NCC#N)cnc21. The van der Waals surface area contributed by atoms with Gasteiger partial charge in [0.15, 0.2) is 5.65 Å². The van der Waals surface area contributed by atoms with Crippen molar-refractivity contribution in [1.82, 2.24) is 19.9 Å². The highest BCUT2D eigenvalue weighted by atomic mass is 16.1. The molecular formula is C10H9N5O. The second kappa shape index (κ2) is 3.98. The molecule has 0 fully saturated rings. The van der Waals surface area contributed by atoms with E-state index in [1.165, 1.54) is 6.20 Å². The van der Waals surface area contributed by atoms with Gasteiger partial charge in [0.25, 0.3) is 5.91 Å². The van der Waals surface area contributed by atoms with Gasteiger partial charge in [0.05, 0.1) is 18.0 Å². The highest BCUT2D eigenvalue weighted by molar-refractivity contribution is 5.96. The van der Waals surface area contributed by atoms with E-state index in [4.69, 9.17) is 5.26 Å². The molecule has 0 aliphatic rings. The summed E-state index contributed by atoms with van der Waals surface area (Å²) in [6, 6.07) is 3.49. The fourth-order valence-corrected chi connectivity index (χ4v) is 1.36. The summed E-state index contributed by atoms with van der Waals surface area (Å²) in [6.07, 6.45) is 3.10. The first-order valence-corrected chi connectivity index (χ1v) is 4.64. The van der Waals surface area contributed by atoms with Gasteiger partial charge in [0, 0.05) is 13.2 Å². The summed E-state index contributed by atoms with van der Waals surface area (Å²) in [6.45, 7) is -0.0148. The Hall–Kier alpha value is -2.42. The van der Waals surface area contributed by atoms with Crippen LogP contribution in [0.5, 0.6) is 0 Å². The molecule has 6 heteroatoms. The average molecular weight is 215 g/mol. The molecule has 6 nitrogen and oxygen atoms in total. The number of rotatable bonds is 2. The molecule has 2 rings (SSSR count). The number of imidazole rings is 1. The zero-order valence-electron chi connectivity index (χ0n) is 8.64. The quantitative estimate of drug-likeness (QED) is 0.726. The molecule has 0 aliphatic heterocycles. The lowest BCUT2D eigenvalue weighted by molar-refractivity contribution is 0.0958. The zero-order valence-corrected chi connectivity index (χ0v) is 8.64. The molecule has 1 amide bonds. The van der Waals surface area contributed by atoms with Gasteiger partial charge >= 0.3 is 0 Å². The summed E-state index contributed by atoms with van der Waals surface area (Å²) in [5.41, 5.74) is 1.78. The molecule has 0 spiro atoms. The van der Waals surface area contributed by atoms with Crippen molar-refractivity contribution in [2.75, 3.05) is 6.54 Å². The highest BCUT2D eigenvalue weighted by Gasteiger charge is 2.08. The molecule has 0 atom stereocenters. The summed E-state index contributed by atoms with van der Waals surface area (Å²) in [5.74, 6) is -0.318. The van der Waals surface area contributed by atoms with Crippen LogP contribution in [0.1, 0.15) is 10.4 Å². The van der Waals surface area contributed by atoms with Crippen molar-refractivity contribution in [3.05, 3.63) is 24.2 Å². The standard InChI is InChI=1S/C10H9N5O/c1-15-6-14-8-4-7(5-13-9(8)15)10(16)12-3-2-11/h4-6H,3H2,1H3,(H,12,16). The van der Waals surface area contributed by atoms with Crippen LogP contribution in [0.2, 0.25) is 0 Å². The summed E-state index contributed by atoms with van der Waals surface area (Å²) in [5, 5.41) is 10.8. The van der Waals surface area contributed by atoms with E-state index in [9.17, 15) is 4.79 Å². The molecular weight excluding hydrogens is 206 g/mol. The minimum atomic E-state index is -0.318. The second-order valence-electron chi connectivity index (χ2n) is 3.26. The Labute approximate surface area is 91.5 Å². The lowest BCUT2D eigenvalue weighted by atomic mass is 10.2. The first-order chi connectivity index (χ1) is 7.72. The first-order valence-electron chi connectivity index (χ1n) is 4.64. The van der Waals surface area contributed by atoms with Crippen LogP contribution in [0, 0.1) is 11.3 Å². The Morgan fingerprint density at radius 1 is 1.62 bits per heavy atom. The number of hydrogen-bond donors (Lipinski definition) is 1. The Kier molecular flexibility index (Phi) is 2.52. The van der Waals surface area contributed by atoms with Crippen LogP contribution in [0.25, 0.3) is 11.2 Å². The van der Waals surface area contributed by atoms with Gasteiger partial charge in [-0.25, -0.2) is 9.97 Å². The molecule has 0 radical (unpaired) electrons. The molecule has 1 N–H and O–H groups in total. The molecule has 0 aliphatic carbocycles. The van der Waals surface area contributed by atoms with Crippen LogP contribution in [0.3, 0.4) is 0 Å². The summed E-state index contributed by atoms with van der Waals surface area (Å²) >= 11 is 0. The topological polar surface area (TPSA) is 83.6 Å². The first kappa shape index (κ1) is 10.1. The number of fused-ring (bicyclic) bond motifs is 1. The zero-order chi connectivity index (χ0) is 11.5. The van der Waals surface area contributed by atoms with Crippen molar-refractivity contribution in [2.45, 2.75) is 0 Å². The van der Waals surface area contributed by atoms with Gasteiger partial charge in [-0.15, -0.1) is 0 Å². The number of nitrogens with one attached hydrogen (secondary N) is 1. The molecule has 80 valence electrons. The van der Waals surface area contributed by atoms with Crippen LogP contribution in [0.4, 0.5) is 0 Å². The van der Waals surface area contributed by atoms with Gasteiger partial charge in [-0.1, -0.05) is 0 Å². The van der Waals surface area contributed by atoms with Crippen LogP contribution in [0.15, 0.2) is 18.6 Å². The van der Waals surface area contributed by atoms with E-state index in [-0.39, 0.29) is 12.5 Å². The Morgan fingerprint density at radius 3 is 3.19 bits per heavy atom. The predicted molar refractivity (Wildman–Crippen MR) is 56.5 cm³/mol. The number of carbonyl (C=O) groups excluding carboxylic acids is 1. The minimum Gasteiger partial charge on any atom is -0.339 e. The van der Waals surface area contributed by atoms with Gasteiger partial charge in [-0.2, -0.15) is 5.26 Å². The third kappa shape index (κ3) is 1.70. The third-order valence-electron chi connectivity index (χ3n) is 2.14. The van der Waals surface area contributed by atoms with Gasteiger partial charge in [0.2, 0.25) is 0 Å². The Balaban J connectivity index is 2.33. The number of carbonyl (C=O) groups is 1. The van der Waals surface area contributed by atoms with Crippen molar-refractivity contribution >= 4 is 17.1 Å². The normalized spacial score (nSPS) is 10.0. The smallest absolute Gasteiger partial charge is 0.253 e.